The number of carbonyl (C=O) groups is 1. The fourth-order valence-corrected chi connectivity index (χ4v) is 2.04. The molecule has 1 aliphatic heterocycles. The minimum atomic E-state index is -2.89. The zero-order valence-electron chi connectivity index (χ0n) is 8.31. The highest BCUT2D eigenvalue weighted by Crippen LogP contribution is 2.34. The lowest BCUT2D eigenvalue weighted by Gasteiger charge is -2.34. The van der Waals surface area contributed by atoms with Crippen LogP contribution in [0.4, 0.5) is 4.79 Å². The Morgan fingerprint density at radius 1 is 1.65 bits per heavy atom. The third-order valence-corrected chi connectivity index (χ3v) is 2.90. The Kier molecular flexibility index (Phi) is 2.73. The zero-order valence-corrected chi connectivity index (χ0v) is 9.13. The van der Waals surface area contributed by atoms with Crippen LogP contribution < -0.4 is 5.73 Å². The normalized spacial score (nSPS) is 23.8. The van der Waals surface area contributed by atoms with Gasteiger partial charge in [0.05, 0.1) is 23.2 Å². The molecule has 2 unspecified atom stereocenters. The van der Waals surface area contributed by atoms with E-state index in [0.29, 0.717) is 4.31 Å². The van der Waals surface area contributed by atoms with Crippen LogP contribution in [-0.4, -0.2) is 29.3 Å². The average Bonchev–Trinajstić information content (AvgIpc) is 2.85. The fraction of sp³-hybridized carbons (Fsp3) is 0.143. The Hall–Kier alpha value is -2.07. The number of rotatable bonds is 3. The van der Waals surface area contributed by atoms with Crippen LogP contribution in [0.2, 0.25) is 0 Å². The lowest BCUT2D eigenvalue weighted by atomic mass is 10.1. The highest BCUT2D eigenvalue weighted by atomic mass is 32.2. The van der Waals surface area contributed by atoms with Crippen molar-refractivity contribution < 1.29 is 13.6 Å². The highest BCUT2D eigenvalue weighted by molar-refractivity contribution is 7.77. The summed E-state index contributed by atoms with van der Waals surface area (Å²) in [7, 11) is 0. The van der Waals surface area contributed by atoms with E-state index in [9.17, 15) is 13.6 Å². The largest absolute Gasteiger partial charge is 0.755 e. The van der Waals surface area contributed by atoms with Gasteiger partial charge in [0.1, 0.15) is 0 Å². The molecule has 0 bridgehead atoms. The number of primary amides is 1. The van der Waals surface area contributed by atoms with Gasteiger partial charge in [0.25, 0.3) is 0 Å². The van der Waals surface area contributed by atoms with Crippen molar-refractivity contribution in [3.63, 3.8) is 0 Å². The topological polar surface area (TPSA) is 140 Å². The minimum absolute atomic E-state index is 0.262. The SMILES string of the molecule is NC(=O)N(S(=O)[O-])C1(c2ccn[nH]2)C=CN=N1. The predicted octanol–water partition coefficient (Wildman–Crippen LogP) is -0.283. The van der Waals surface area contributed by atoms with Crippen molar-refractivity contribution in [3.8, 4) is 0 Å². The van der Waals surface area contributed by atoms with E-state index in [1.165, 1.54) is 24.5 Å². The second kappa shape index (κ2) is 4.07. The predicted molar refractivity (Wildman–Crippen MR) is 54.6 cm³/mol. The van der Waals surface area contributed by atoms with Crippen LogP contribution in [0, 0.1) is 0 Å². The molecular formula is C7H7N6O3S-. The lowest BCUT2D eigenvalue weighted by Crippen LogP contribution is -2.50. The molecular weight excluding hydrogens is 248 g/mol. The van der Waals surface area contributed by atoms with E-state index in [2.05, 4.69) is 20.4 Å². The first-order valence-corrected chi connectivity index (χ1v) is 5.40. The number of H-pyrrole nitrogens is 1. The first-order valence-electron chi connectivity index (χ1n) is 4.36. The number of aromatic amines is 1. The van der Waals surface area contributed by atoms with Crippen LogP contribution in [0.5, 0.6) is 0 Å². The van der Waals surface area contributed by atoms with E-state index >= 15 is 0 Å². The molecule has 3 N–H and O–H groups in total. The molecule has 0 saturated heterocycles. The third-order valence-electron chi connectivity index (χ3n) is 2.14. The van der Waals surface area contributed by atoms with Crippen molar-refractivity contribution in [2.75, 3.05) is 0 Å². The van der Waals surface area contributed by atoms with Crippen LogP contribution in [-0.2, 0) is 16.9 Å². The number of amides is 2. The van der Waals surface area contributed by atoms with Gasteiger partial charge in [-0.05, 0) is 12.1 Å². The summed E-state index contributed by atoms with van der Waals surface area (Å²) >= 11 is -2.89. The second-order valence-corrected chi connectivity index (χ2v) is 3.88. The first-order chi connectivity index (χ1) is 8.08. The number of nitrogens with zero attached hydrogens (tertiary/aromatic N) is 4. The van der Waals surface area contributed by atoms with Crippen LogP contribution in [0.15, 0.2) is 34.8 Å². The van der Waals surface area contributed by atoms with Crippen LogP contribution in [0.25, 0.3) is 0 Å². The number of azo groups is 1. The van der Waals surface area contributed by atoms with Gasteiger partial charge in [0.2, 0.25) is 5.66 Å². The Balaban J connectivity index is 2.56. The second-order valence-electron chi connectivity index (χ2n) is 3.08. The first kappa shape index (κ1) is 11.4. The number of carbonyl (C=O) groups excluding carboxylic acids is 1. The summed E-state index contributed by atoms with van der Waals surface area (Å²) in [6.07, 6.45) is 3.98. The summed E-state index contributed by atoms with van der Waals surface area (Å²) in [5, 5.41) is 13.5. The maximum atomic E-state index is 11.2. The number of hydrogen-bond acceptors (Lipinski definition) is 6. The molecule has 2 amide bonds. The Bertz CT molecular complexity index is 484. The summed E-state index contributed by atoms with van der Waals surface area (Å²) in [5.74, 6) is 0. The average molecular weight is 255 g/mol. The van der Waals surface area contributed by atoms with E-state index in [4.69, 9.17) is 5.73 Å². The van der Waals surface area contributed by atoms with Gasteiger partial charge in [0, 0.05) is 6.20 Å². The zero-order chi connectivity index (χ0) is 12.5. The number of urea groups is 1. The molecule has 90 valence electrons. The summed E-state index contributed by atoms with van der Waals surface area (Å²) in [4.78, 5) is 11.2. The monoisotopic (exact) mass is 255 g/mol. The van der Waals surface area contributed by atoms with E-state index in [1.807, 2.05) is 0 Å². The molecule has 0 radical (unpaired) electrons. The van der Waals surface area contributed by atoms with Crippen molar-refractivity contribution in [2.24, 2.45) is 16.0 Å². The fourth-order valence-electron chi connectivity index (χ4n) is 1.47. The van der Waals surface area contributed by atoms with Gasteiger partial charge in [-0.3, -0.25) is 9.31 Å². The van der Waals surface area contributed by atoms with Gasteiger partial charge in [0.15, 0.2) is 0 Å². The molecule has 2 heterocycles. The minimum Gasteiger partial charge on any atom is -0.755 e. The van der Waals surface area contributed by atoms with Crippen molar-refractivity contribution in [1.82, 2.24) is 14.5 Å². The molecule has 0 aliphatic carbocycles. The summed E-state index contributed by atoms with van der Waals surface area (Å²) in [6, 6.07) is 0.302. The van der Waals surface area contributed by atoms with Crippen LogP contribution >= 0.6 is 0 Å². The summed E-state index contributed by atoms with van der Waals surface area (Å²) in [5.41, 5.74) is 3.68. The molecule has 9 nitrogen and oxygen atoms in total. The molecule has 0 aromatic carbocycles. The van der Waals surface area contributed by atoms with Gasteiger partial charge in [-0.25, -0.2) is 9.10 Å². The van der Waals surface area contributed by atoms with Gasteiger partial charge < -0.3 is 10.3 Å². The molecule has 2 atom stereocenters. The number of aromatic nitrogens is 2. The van der Waals surface area contributed by atoms with E-state index < -0.39 is 23.0 Å². The maximum absolute atomic E-state index is 11.2. The van der Waals surface area contributed by atoms with Crippen molar-refractivity contribution in [3.05, 3.63) is 30.2 Å². The quantitative estimate of drug-likeness (QED) is 0.716. The molecule has 1 aliphatic rings. The van der Waals surface area contributed by atoms with Crippen LogP contribution in [0.1, 0.15) is 5.69 Å². The molecule has 10 heteroatoms. The molecule has 0 saturated carbocycles. The Labute approximate surface area is 97.8 Å². The highest BCUT2D eigenvalue weighted by Gasteiger charge is 2.43. The van der Waals surface area contributed by atoms with Crippen molar-refractivity contribution in [2.45, 2.75) is 5.66 Å². The van der Waals surface area contributed by atoms with Crippen molar-refractivity contribution in [1.29, 1.82) is 0 Å². The van der Waals surface area contributed by atoms with Gasteiger partial charge >= 0.3 is 6.03 Å². The summed E-state index contributed by atoms with van der Waals surface area (Å²) < 4.78 is 22.5. The molecule has 0 fully saturated rings. The Morgan fingerprint density at radius 3 is 2.82 bits per heavy atom. The van der Waals surface area contributed by atoms with E-state index in [0.717, 1.165) is 0 Å². The smallest absolute Gasteiger partial charge is 0.328 e. The molecule has 0 spiro atoms. The van der Waals surface area contributed by atoms with E-state index in [-0.39, 0.29) is 5.69 Å². The standard InChI is InChI=1S/C7H8N6O3S/c8-6(14)13(17(15)16)7(2-4-10-12-7)5-1-3-9-11-5/h1-4H,(H2,8,14)(H,9,11)(H,15,16)/p-1. The number of nitrogens with two attached hydrogens (primary N) is 1. The molecule has 2 rings (SSSR count). The van der Waals surface area contributed by atoms with Gasteiger partial charge in [-0.15, -0.1) is 5.11 Å². The van der Waals surface area contributed by atoms with Gasteiger partial charge in [-0.1, -0.05) is 0 Å². The summed E-state index contributed by atoms with van der Waals surface area (Å²) in [6.45, 7) is 0. The molecule has 17 heavy (non-hydrogen) atoms. The van der Waals surface area contributed by atoms with E-state index in [1.54, 1.807) is 0 Å². The number of nitrogens with one attached hydrogen (secondary N) is 1. The van der Waals surface area contributed by atoms with Crippen LogP contribution in [0.3, 0.4) is 0 Å². The number of hydrogen-bond donors (Lipinski definition) is 2. The van der Waals surface area contributed by atoms with Crippen molar-refractivity contribution >= 4 is 17.3 Å². The lowest BCUT2D eigenvalue weighted by molar-refractivity contribution is 0.200. The Morgan fingerprint density at radius 2 is 2.41 bits per heavy atom. The maximum Gasteiger partial charge on any atom is 0.328 e. The third kappa shape index (κ3) is 1.72. The molecule has 1 aromatic heterocycles. The van der Waals surface area contributed by atoms with Gasteiger partial charge in [-0.2, -0.15) is 10.2 Å². The molecule has 1 aromatic rings.